The zero-order valence-corrected chi connectivity index (χ0v) is 10.1. The summed E-state index contributed by atoms with van der Waals surface area (Å²) in [4.78, 5) is 2.53. The Morgan fingerprint density at radius 2 is 2.06 bits per heavy atom. The third kappa shape index (κ3) is 2.45. The molecule has 2 aliphatic rings. The molecular weight excluding hydrogens is 212 g/mol. The van der Waals surface area contributed by atoms with Gasteiger partial charge in [-0.15, -0.1) is 0 Å². The van der Waals surface area contributed by atoms with E-state index in [1.54, 1.807) is 12.1 Å². The van der Waals surface area contributed by atoms with Crippen molar-refractivity contribution in [2.45, 2.75) is 25.4 Å². The minimum atomic E-state index is 0.352. The maximum absolute atomic E-state index is 9.26. The molecule has 0 spiro atoms. The highest BCUT2D eigenvalue weighted by atomic mass is 16.3. The molecular formula is C14H20N2O. The summed E-state index contributed by atoms with van der Waals surface area (Å²) in [5.41, 5.74) is 1.29. The van der Waals surface area contributed by atoms with E-state index in [1.807, 2.05) is 12.1 Å². The molecule has 2 aliphatic heterocycles. The molecule has 2 atom stereocenters. The summed E-state index contributed by atoms with van der Waals surface area (Å²) in [5, 5.41) is 12.9. The smallest absolute Gasteiger partial charge is 0.115 e. The fraction of sp³-hybridized carbons (Fsp3) is 0.571. The fourth-order valence-electron chi connectivity index (χ4n) is 3.12. The molecule has 92 valence electrons. The number of hydrogen-bond donors (Lipinski definition) is 2. The number of nitrogens with zero attached hydrogens (tertiary/aromatic N) is 1. The van der Waals surface area contributed by atoms with Crippen LogP contribution in [0, 0.1) is 5.92 Å². The Hall–Kier alpha value is -1.06. The summed E-state index contributed by atoms with van der Waals surface area (Å²) in [7, 11) is 0. The van der Waals surface area contributed by atoms with Gasteiger partial charge in [0.05, 0.1) is 0 Å². The Morgan fingerprint density at radius 1 is 1.24 bits per heavy atom. The first-order valence-corrected chi connectivity index (χ1v) is 6.55. The molecule has 0 aliphatic carbocycles. The van der Waals surface area contributed by atoms with Crippen LogP contribution in [-0.2, 0) is 6.54 Å². The van der Waals surface area contributed by atoms with Crippen LogP contribution >= 0.6 is 0 Å². The van der Waals surface area contributed by atoms with Crippen LogP contribution in [0.2, 0.25) is 0 Å². The van der Waals surface area contributed by atoms with Crippen molar-refractivity contribution in [2.24, 2.45) is 5.92 Å². The molecule has 2 N–H and O–H groups in total. The molecule has 1 aromatic carbocycles. The van der Waals surface area contributed by atoms with Gasteiger partial charge in [-0.25, -0.2) is 0 Å². The second kappa shape index (κ2) is 4.67. The van der Waals surface area contributed by atoms with Crippen molar-refractivity contribution in [3.63, 3.8) is 0 Å². The first kappa shape index (κ1) is 11.1. The molecule has 3 rings (SSSR count). The van der Waals surface area contributed by atoms with Crippen molar-refractivity contribution >= 4 is 0 Å². The van der Waals surface area contributed by atoms with Gasteiger partial charge in [-0.1, -0.05) is 12.1 Å². The van der Waals surface area contributed by atoms with Gasteiger partial charge in [-0.3, -0.25) is 4.90 Å². The molecule has 0 amide bonds. The molecule has 2 fully saturated rings. The summed E-state index contributed by atoms with van der Waals surface area (Å²) >= 11 is 0. The minimum Gasteiger partial charge on any atom is -0.508 e. The number of rotatable bonds is 2. The van der Waals surface area contributed by atoms with E-state index in [4.69, 9.17) is 0 Å². The number of likely N-dealkylation sites (tertiary alicyclic amines) is 1. The standard InChI is InChI=1S/C14H20N2O/c17-13-5-3-11(4-6-13)8-16-9-12-2-1-7-15-14(12)10-16/h3-6,12,14-15,17H,1-2,7-10H2/t12-,14+/m0/s1. The lowest BCUT2D eigenvalue weighted by Crippen LogP contribution is -2.40. The highest BCUT2D eigenvalue weighted by Crippen LogP contribution is 2.26. The van der Waals surface area contributed by atoms with Gasteiger partial charge in [-0.05, 0) is 43.0 Å². The monoisotopic (exact) mass is 232 g/mol. The fourth-order valence-corrected chi connectivity index (χ4v) is 3.12. The predicted molar refractivity (Wildman–Crippen MR) is 67.9 cm³/mol. The maximum Gasteiger partial charge on any atom is 0.115 e. The molecule has 17 heavy (non-hydrogen) atoms. The molecule has 2 heterocycles. The van der Waals surface area contributed by atoms with Crippen LogP contribution < -0.4 is 5.32 Å². The second-order valence-electron chi connectivity index (χ2n) is 5.32. The van der Waals surface area contributed by atoms with Crippen LogP contribution in [0.1, 0.15) is 18.4 Å². The van der Waals surface area contributed by atoms with Gasteiger partial charge in [0, 0.05) is 25.7 Å². The number of hydrogen-bond acceptors (Lipinski definition) is 3. The van der Waals surface area contributed by atoms with Crippen molar-refractivity contribution in [3.8, 4) is 5.75 Å². The SMILES string of the molecule is Oc1ccc(CN2C[C@@H]3CCCN[C@@H]3C2)cc1. The lowest BCUT2D eigenvalue weighted by atomic mass is 9.94. The van der Waals surface area contributed by atoms with Crippen LogP contribution in [0.3, 0.4) is 0 Å². The number of piperidine rings is 1. The minimum absolute atomic E-state index is 0.352. The Labute approximate surface area is 102 Å². The van der Waals surface area contributed by atoms with Crippen LogP contribution in [0.25, 0.3) is 0 Å². The summed E-state index contributed by atoms with van der Waals surface area (Å²) in [6.07, 6.45) is 2.71. The average molecular weight is 232 g/mol. The Morgan fingerprint density at radius 3 is 2.82 bits per heavy atom. The molecule has 0 bridgehead atoms. The Bertz CT molecular complexity index is 362. The summed E-state index contributed by atoms with van der Waals surface area (Å²) in [6, 6.07) is 8.30. The molecule has 0 unspecified atom stereocenters. The van der Waals surface area contributed by atoms with E-state index in [0.29, 0.717) is 11.8 Å². The topological polar surface area (TPSA) is 35.5 Å². The van der Waals surface area contributed by atoms with Gasteiger partial charge in [-0.2, -0.15) is 0 Å². The predicted octanol–water partition coefficient (Wildman–Crippen LogP) is 1.58. The van der Waals surface area contributed by atoms with Crippen molar-refractivity contribution in [1.82, 2.24) is 10.2 Å². The number of fused-ring (bicyclic) bond motifs is 1. The number of aromatic hydroxyl groups is 1. The summed E-state index contributed by atoms with van der Waals surface area (Å²) in [5.74, 6) is 1.20. The van der Waals surface area contributed by atoms with Crippen molar-refractivity contribution < 1.29 is 5.11 Å². The number of benzene rings is 1. The third-order valence-corrected chi connectivity index (χ3v) is 4.02. The number of phenolic OH excluding ortho intramolecular Hbond substituents is 1. The van der Waals surface area contributed by atoms with E-state index in [1.165, 1.54) is 38.0 Å². The van der Waals surface area contributed by atoms with Gasteiger partial charge >= 0.3 is 0 Å². The largest absolute Gasteiger partial charge is 0.508 e. The molecule has 1 aromatic rings. The Kier molecular flexibility index (Phi) is 3.04. The van der Waals surface area contributed by atoms with Crippen molar-refractivity contribution in [2.75, 3.05) is 19.6 Å². The van der Waals surface area contributed by atoms with E-state index in [-0.39, 0.29) is 0 Å². The van der Waals surface area contributed by atoms with Crippen LogP contribution in [0.15, 0.2) is 24.3 Å². The quantitative estimate of drug-likeness (QED) is 0.812. The highest BCUT2D eigenvalue weighted by molar-refractivity contribution is 5.25. The first-order valence-electron chi connectivity index (χ1n) is 6.55. The van der Waals surface area contributed by atoms with E-state index >= 15 is 0 Å². The number of nitrogens with one attached hydrogen (secondary N) is 1. The summed E-state index contributed by atoms with van der Waals surface area (Å²) < 4.78 is 0. The van der Waals surface area contributed by atoms with Crippen LogP contribution in [0.4, 0.5) is 0 Å². The second-order valence-corrected chi connectivity index (χ2v) is 5.32. The average Bonchev–Trinajstić information content (AvgIpc) is 2.74. The zero-order valence-electron chi connectivity index (χ0n) is 10.1. The van der Waals surface area contributed by atoms with E-state index < -0.39 is 0 Å². The van der Waals surface area contributed by atoms with E-state index in [0.717, 1.165) is 12.5 Å². The van der Waals surface area contributed by atoms with E-state index in [2.05, 4.69) is 10.2 Å². The van der Waals surface area contributed by atoms with Gasteiger partial charge in [0.1, 0.15) is 5.75 Å². The molecule has 0 aromatic heterocycles. The van der Waals surface area contributed by atoms with Crippen LogP contribution in [-0.4, -0.2) is 35.7 Å². The Balaban J connectivity index is 1.61. The molecule has 0 saturated carbocycles. The normalized spacial score (nSPS) is 29.2. The van der Waals surface area contributed by atoms with Crippen LogP contribution in [0.5, 0.6) is 5.75 Å². The molecule has 3 heteroatoms. The summed E-state index contributed by atoms with van der Waals surface area (Å²) in [6.45, 7) is 4.59. The van der Waals surface area contributed by atoms with Crippen molar-refractivity contribution in [3.05, 3.63) is 29.8 Å². The lowest BCUT2D eigenvalue weighted by Gasteiger charge is -2.24. The number of phenols is 1. The maximum atomic E-state index is 9.26. The first-order chi connectivity index (χ1) is 8.31. The third-order valence-electron chi connectivity index (χ3n) is 4.02. The van der Waals surface area contributed by atoms with Crippen molar-refractivity contribution in [1.29, 1.82) is 0 Å². The van der Waals surface area contributed by atoms with Gasteiger partial charge in [0.2, 0.25) is 0 Å². The van der Waals surface area contributed by atoms with Gasteiger partial charge in [0.15, 0.2) is 0 Å². The molecule has 2 saturated heterocycles. The molecule has 3 nitrogen and oxygen atoms in total. The van der Waals surface area contributed by atoms with Gasteiger partial charge in [0.25, 0.3) is 0 Å². The zero-order chi connectivity index (χ0) is 11.7. The van der Waals surface area contributed by atoms with E-state index in [9.17, 15) is 5.11 Å². The van der Waals surface area contributed by atoms with Gasteiger partial charge < -0.3 is 10.4 Å². The highest BCUT2D eigenvalue weighted by Gasteiger charge is 2.33. The molecule has 0 radical (unpaired) electrons. The lowest BCUT2D eigenvalue weighted by molar-refractivity contribution is 0.312.